The molecule has 0 amide bonds. The van der Waals surface area contributed by atoms with Gasteiger partial charge in [0, 0.05) is 6.42 Å². The second kappa shape index (κ2) is 4.73. The van der Waals surface area contributed by atoms with Crippen molar-refractivity contribution >= 4 is 5.78 Å². The number of ketones is 1. The Balaban J connectivity index is 2.36. The summed E-state index contributed by atoms with van der Waals surface area (Å²) in [6.07, 6.45) is 3.23. The van der Waals surface area contributed by atoms with Gasteiger partial charge >= 0.3 is 0 Å². The second-order valence-electron chi connectivity index (χ2n) is 4.51. The van der Waals surface area contributed by atoms with E-state index in [-0.39, 0.29) is 17.6 Å². The Morgan fingerprint density at radius 2 is 1.92 bits per heavy atom. The summed E-state index contributed by atoms with van der Waals surface area (Å²) in [7, 11) is 0. The van der Waals surface area contributed by atoms with Crippen molar-refractivity contribution in [2.24, 2.45) is 11.8 Å². The minimum Gasteiger partial charge on any atom is -0.296 e. The van der Waals surface area contributed by atoms with Crippen molar-refractivity contribution in [2.75, 3.05) is 0 Å². The highest BCUT2D eigenvalue weighted by atomic mass is 19.1. The van der Waals surface area contributed by atoms with Crippen molar-refractivity contribution in [3.05, 3.63) is 0 Å². The number of halogens is 1. The third kappa shape index (κ3) is 3.09. The molecule has 13 heavy (non-hydrogen) atoms. The van der Waals surface area contributed by atoms with Gasteiger partial charge in [-0.05, 0) is 24.7 Å². The molecule has 76 valence electrons. The SMILES string of the molecule is CC(C)CC(=O)C(F)C1CCCC1. The highest BCUT2D eigenvalue weighted by Crippen LogP contribution is 2.30. The Morgan fingerprint density at radius 3 is 2.38 bits per heavy atom. The van der Waals surface area contributed by atoms with Gasteiger partial charge in [-0.1, -0.05) is 26.7 Å². The van der Waals surface area contributed by atoms with Gasteiger partial charge in [-0.15, -0.1) is 0 Å². The molecule has 0 aromatic heterocycles. The van der Waals surface area contributed by atoms with Crippen LogP contribution in [0.15, 0.2) is 0 Å². The quantitative estimate of drug-likeness (QED) is 0.659. The standard InChI is InChI=1S/C11H19FO/c1-8(2)7-10(13)11(12)9-5-3-4-6-9/h8-9,11H,3-7H2,1-2H3. The van der Waals surface area contributed by atoms with Gasteiger partial charge in [0.1, 0.15) is 0 Å². The normalized spacial score (nSPS) is 20.9. The van der Waals surface area contributed by atoms with Crippen LogP contribution < -0.4 is 0 Å². The summed E-state index contributed by atoms with van der Waals surface area (Å²) < 4.78 is 13.5. The number of rotatable bonds is 4. The van der Waals surface area contributed by atoms with Crippen molar-refractivity contribution < 1.29 is 9.18 Å². The van der Waals surface area contributed by atoms with Crippen molar-refractivity contribution in [3.63, 3.8) is 0 Å². The van der Waals surface area contributed by atoms with Crippen LogP contribution in [-0.4, -0.2) is 12.0 Å². The zero-order chi connectivity index (χ0) is 9.84. The molecule has 1 aliphatic carbocycles. The van der Waals surface area contributed by atoms with E-state index in [0.717, 1.165) is 25.7 Å². The minimum absolute atomic E-state index is 0.0336. The Morgan fingerprint density at radius 1 is 1.38 bits per heavy atom. The van der Waals surface area contributed by atoms with Crippen LogP contribution in [0.3, 0.4) is 0 Å². The van der Waals surface area contributed by atoms with Crippen LogP contribution in [-0.2, 0) is 4.79 Å². The Hall–Kier alpha value is -0.400. The Bertz CT molecular complexity index is 171. The molecule has 0 spiro atoms. The first-order valence-corrected chi connectivity index (χ1v) is 5.28. The summed E-state index contributed by atoms with van der Waals surface area (Å²) in [5.74, 6) is 0.139. The number of alkyl halides is 1. The first kappa shape index (κ1) is 10.7. The molecule has 1 atom stereocenters. The van der Waals surface area contributed by atoms with Crippen LogP contribution in [0.2, 0.25) is 0 Å². The van der Waals surface area contributed by atoms with Crippen LogP contribution in [0.5, 0.6) is 0 Å². The predicted octanol–water partition coefficient (Wildman–Crippen LogP) is 3.13. The van der Waals surface area contributed by atoms with Gasteiger partial charge in [0.15, 0.2) is 12.0 Å². The van der Waals surface area contributed by atoms with E-state index in [9.17, 15) is 9.18 Å². The lowest BCUT2D eigenvalue weighted by molar-refractivity contribution is -0.126. The molecule has 1 saturated carbocycles. The molecule has 0 radical (unpaired) electrons. The Labute approximate surface area is 79.7 Å². The summed E-state index contributed by atoms with van der Waals surface area (Å²) in [6.45, 7) is 3.92. The van der Waals surface area contributed by atoms with Gasteiger partial charge in [-0.25, -0.2) is 4.39 Å². The van der Waals surface area contributed by atoms with E-state index in [4.69, 9.17) is 0 Å². The number of hydrogen-bond acceptors (Lipinski definition) is 1. The first-order valence-electron chi connectivity index (χ1n) is 5.28. The maximum atomic E-state index is 13.5. The predicted molar refractivity (Wildman–Crippen MR) is 51.3 cm³/mol. The van der Waals surface area contributed by atoms with Crippen LogP contribution in [0.25, 0.3) is 0 Å². The molecule has 0 bridgehead atoms. The molecule has 1 fully saturated rings. The molecule has 0 aliphatic heterocycles. The number of carbonyl (C=O) groups is 1. The van der Waals surface area contributed by atoms with Gasteiger partial charge in [-0.3, -0.25) is 4.79 Å². The van der Waals surface area contributed by atoms with E-state index in [1.165, 1.54) is 0 Å². The smallest absolute Gasteiger partial charge is 0.167 e. The molecule has 0 aromatic carbocycles. The van der Waals surface area contributed by atoms with E-state index in [0.29, 0.717) is 6.42 Å². The largest absolute Gasteiger partial charge is 0.296 e. The van der Waals surface area contributed by atoms with Crippen LogP contribution in [0.4, 0.5) is 4.39 Å². The number of Topliss-reactive ketones (excluding diaryl/α,β-unsaturated/α-hetero) is 1. The van der Waals surface area contributed by atoms with Crippen molar-refractivity contribution in [2.45, 2.75) is 52.1 Å². The lowest BCUT2D eigenvalue weighted by atomic mass is 9.94. The second-order valence-corrected chi connectivity index (χ2v) is 4.51. The van der Waals surface area contributed by atoms with Gasteiger partial charge in [-0.2, -0.15) is 0 Å². The van der Waals surface area contributed by atoms with E-state index in [1.54, 1.807) is 0 Å². The average molecular weight is 186 g/mol. The zero-order valence-electron chi connectivity index (χ0n) is 8.55. The van der Waals surface area contributed by atoms with Gasteiger partial charge < -0.3 is 0 Å². The maximum Gasteiger partial charge on any atom is 0.167 e. The molecule has 1 nitrogen and oxygen atoms in total. The molecule has 1 rings (SSSR count). The summed E-state index contributed by atoms with van der Waals surface area (Å²) in [5.41, 5.74) is 0. The zero-order valence-corrected chi connectivity index (χ0v) is 8.55. The van der Waals surface area contributed by atoms with Gasteiger partial charge in [0.25, 0.3) is 0 Å². The van der Waals surface area contributed by atoms with Crippen molar-refractivity contribution in [1.29, 1.82) is 0 Å². The molecule has 0 N–H and O–H groups in total. The maximum absolute atomic E-state index is 13.5. The summed E-state index contributed by atoms with van der Waals surface area (Å²) >= 11 is 0. The number of hydrogen-bond donors (Lipinski definition) is 0. The molecular formula is C11H19FO. The van der Waals surface area contributed by atoms with E-state index >= 15 is 0 Å². The summed E-state index contributed by atoms with van der Waals surface area (Å²) in [5, 5.41) is 0. The Kier molecular flexibility index (Phi) is 3.89. The van der Waals surface area contributed by atoms with Crippen molar-refractivity contribution in [3.8, 4) is 0 Å². The topological polar surface area (TPSA) is 17.1 Å². The van der Waals surface area contributed by atoms with Gasteiger partial charge in [0.05, 0.1) is 0 Å². The van der Waals surface area contributed by atoms with Crippen LogP contribution >= 0.6 is 0 Å². The van der Waals surface area contributed by atoms with E-state index in [1.807, 2.05) is 13.8 Å². The fourth-order valence-corrected chi connectivity index (χ4v) is 2.03. The lowest BCUT2D eigenvalue weighted by Crippen LogP contribution is -2.24. The summed E-state index contributed by atoms with van der Waals surface area (Å²) in [6, 6.07) is 0. The molecular weight excluding hydrogens is 167 g/mol. The molecule has 0 saturated heterocycles. The molecule has 1 unspecified atom stereocenters. The highest BCUT2D eigenvalue weighted by molar-refractivity contribution is 5.83. The van der Waals surface area contributed by atoms with E-state index in [2.05, 4.69) is 0 Å². The fourth-order valence-electron chi connectivity index (χ4n) is 2.03. The highest BCUT2D eigenvalue weighted by Gasteiger charge is 2.30. The molecule has 0 heterocycles. The molecule has 1 aliphatic rings. The summed E-state index contributed by atoms with van der Waals surface area (Å²) in [4.78, 5) is 11.4. The fraction of sp³-hybridized carbons (Fsp3) is 0.909. The molecule has 0 aromatic rings. The first-order chi connectivity index (χ1) is 6.11. The average Bonchev–Trinajstić information content (AvgIpc) is 2.53. The van der Waals surface area contributed by atoms with Gasteiger partial charge in [0.2, 0.25) is 0 Å². The van der Waals surface area contributed by atoms with Crippen LogP contribution in [0.1, 0.15) is 46.0 Å². The van der Waals surface area contributed by atoms with E-state index < -0.39 is 6.17 Å². The van der Waals surface area contributed by atoms with Crippen molar-refractivity contribution in [1.82, 2.24) is 0 Å². The minimum atomic E-state index is -1.18. The third-order valence-corrected chi connectivity index (χ3v) is 2.73. The van der Waals surface area contributed by atoms with Crippen LogP contribution in [0, 0.1) is 11.8 Å². The number of carbonyl (C=O) groups excluding carboxylic acids is 1. The lowest BCUT2D eigenvalue weighted by Gasteiger charge is -2.14. The monoisotopic (exact) mass is 186 g/mol. The third-order valence-electron chi connectivity index (χ3n) is 2.73. The molecule has 2 heteroatoms.